The van der Waals surface area contributed by atoms with Gasteiger partial charge in [0.25, 0.3) is 0 Å². The van der Waals surface area contributed by atoms with Crippen molar-refractivity contribution in [3.8, 4) is 0 Å². The number of piperidine rings is 1. The standard InChI is InChI=1S/C11H21NO3/c1-9(4-5-11(14)15)12-6-2-3-10(7-12)8-13/h9-10,13H,2-8H2,1H3,(H,14,15). The maximum Gasteiger partial charge on any atom is 0.303 e. The van der Waals surface area contributed by atoms with E-state index in [9.17, 15) is 4.79 Å². The second kappa shape index (κ2) is 6.08. The zero-order chi connectivity index (χ0) is 11.3. The molecular formula is C11H21NO3. The van der Waals surface area contributed by atoms with Crippen LogP contribution in [0.5, 0.6) is 0 Å². The molecule has 0 amide bonds. The van der Waals surface area contributed by atoms with Crippen molar-refractivity contribution in [3.05, 3.63) is 0 Å². The van der Waals surface area contributed by atoms with Crippen molar-refractivity contribution >= 4 is 5.97 Å². The van der Waals surface area contributed by atoms with E-state index in [0.29, 0.717) is 18.4 Å². The van der Waals surface area contributed by atoms with Gasteiger partial charge in [-0.25, -0.2) is 0 Å². The minimum absolute atomic E-state index is 0.238. The summed E-state index contributed by atoms with van der Waals surface area (Å²) < 4.78 is 0. The maximum absolute atomic E-state index is 10.4. The van der Waals surface area contributed by atoms with Crippen molar-refractivity contribution in [1.29, 1.82) is 0 Å². The lowest BCUT2D eigenvalue weighted by atomic mass is 9.97. The number of hydrogen-bond donors (Lipinski definition) is 2. The van der Waals surface area contributed by atoms with Crippen molar-refractivity contribution in [1.82, 2.24) is 4.90 Å². The molecule has 1 aliphatic heterocycles. The average molecular weight is 215 g/mol. The van der Waals surface area contributed by atoms with Gasteiger partial charge < -0.3 is 15.1 Å². The average Bonchev–Trinajstić information content (AvgIpc) is 2.26. The van der Waals surface area contributed by atoms with Gasteiger partial charge in [-0.15, -0.1) is 0 Å². The number of aliphatic carboxylic acids is 1. The van der Waals surface area contributed by atoms with Crippen molar-refractivity contribution in [3.63, 3.8) is 0 Å². The number of hydrogen-bond acceptors (Lipinski definition) is 3. The van der Waals surface area contributed by atoms with Crippen LogP contribution in [0.25, 0.3) is 0 Å². The van der Waals surface area contributed by atoms with E-state index in [1.165, 1.54) is 0 Å². The van der Waals surface area contributed by atoms with Crippen LogP contribution in [-0.4, -0.2) is 46.8 Å². The third-order valence-corrected chi connectivity index (χ3v) is 3.21. The monoisotopic (exact) mass is 215 g/mol. The lowest BCUT2D eigenvalue weighted by Gasteiger charge is -2.36. The molecule has 0 aromatic carbocycles. The predicted molar refractivity (Wildman–Crippen MR) is 57.7 cm³/mol. The fourth-order valence-electron chi connectivity index (χ4n) is 2.16. The highest BCUT2D eigenvalue weighted by molar-refractivity contribution is 5.66. The van der Waals surface area contributed by atoms with Gasteiger partial charge in [-0.3, -0.25) is 4.79 Å². The van der Waals surface area contributed by atoms with Crippen molar-refractivity contribution in [2.45, 2.75) is 38.6 Å². The molecule has 1 rings (SSSR count). The summed E-state index contributed by atoms with van der Waals surface area (Å²) in [6, 6.07) is 0.315. The number of likely N-dealkylation sites (tertiary alicyclic amines) is 1. The summed E-state index contributed by atoms with van der Waals surface area (Å²) in [7, 11) is 0. The van der Waals surface area contributed by atoms with Gasteiger partial charge in [0.05, 0.1) is 0 Å². The molecule has 15 heavy (non-hydrogen) atoms. The number of rotatable bonds is 5. The Bertz CT molecular complexity index is 208. The van der Waals surface area contributed by atoms with Gasteiger partial charge in [0.1, 0.15) is 0 Å². The smallest absolute Gasteiger partial charge is 0.303 e. The molecule has 88 valence electrons. The molecule has 1 fully saturated rings. The van der Waals surface area contributed by atoms with E-state index in [2.05, 4.69) is 11.8 Å². The Morgan fingerprint density at radius 1 is 1.60 bits per heavy atom. The number of aliphatic hydroxyl groups excluding tert-OH is 1. The molecule has 2 N–H and O–H groups in total. The van der Waals surface area contributed by atoms with Crippen LogP contribution in [-0.2, 0) is 4.79 Å². The molecule has 1 aliphatic rings. The summed E-state index contributed by atoms with van der Waals surface area (Å²) in [6.45, 7) is 4.28. The van der Waals surface area contributed by atoms with E-state index in [-0.39, 0.29) is 13.0 Å². The zero-order valence-electron chi connectivity index (χ0n) is 9.35. The number of carboxylic acid groups (broad SMARTS) is 1. The Kier molecular flexibility index (Phi) is 5.05. The Balaban J connectivity index is 2.31. The zero-order valence-corrected chi connectivity index (χ0v) is 9.35. The molecule has 4 nitrogen and oxygen atoms in total. The largest absolute Gasteiger partial charge is 0.481 e. The molecule has 1 saturated heterocycles. The van der Waals surface area contributed by atoms with Crippen LogP contribution in [0.2, 0.25) is 0 Å². The van der Waals surface area contributed by atoms with Gasteiger partial charge in [-0.2, -0.15) is 0 Å². The first-order valence-corrected chi connectivity index (χ1v) is 5.70. The Hall–Kier alpha value is -0.610. The first-order valence-electron chi connectivity index (χ1n) is 5.70. The molecule has 0 aromatic heterocycles. The molecule has 1 heterocycles. The second-order valence-corrected chi connectivity index (χ2v) is 4.47. The van der Waals surface area contributed by atoms with Crippen LogP contribution >= 0.6 is 0 Å². The van der Waals surface area contributed by atoms with Crippen LogP contribution in [0.1, 0.15) is 32.6 Å². The lowest BCUT2D eigenvalue weighted by Crippen LogP contribution is -2.42. The van der Waals surface area contributed by atoms with Crippen molar-refractivity contribution in [2.75, 3.05) is 19.7 Å². The highest BCUT2D eigenvalue weighted by Gasteiger charge is 2.23. The van der Waals surface area contributed by atoms with E-state index >= 15 is 0 Å². The minimum Gasteiger partial charge on any atom is -0.481 e. The third-order valence-electron chi connectivity index (χ3n) is 3.21. The Morgan fingerprint density at radius 2 is 2.33 bits per heavy atom. The minimum atomic E-state index is -0.724. The fourth-order valence-corrected chi connectivity index (χ4v) is 2.16. The lowest BCUT2D eigenvalue weighted by molar-refractivity contribution is -0.137. The highest BCUT2D eigenvalue weighted by Crippen LogP contribution is 2.19. The molecule has 4 heteroatoms. The third kappa shape index (κ3) is 4.18. The first kappa shape index (κ1) is 12.5. The SMILES string of the molecule is CC(CCC(=O)O)N1CCCC(CO)C1. The van der Waals surface area contributed by atoms with E-state index in [4.69, 9.17) is 10.2 Å². The van der Waals surface area contributed by atoms with Gasteiger partial charge in [0.15, 0.2) is 0 Å². The molecule has 0 radical (unpaired) electrons. The first-order chi connectivity index (χ1) is 7.13. The van der Waals surface area contributed by atoms with E-state index < -0.39 is 5.97 Å². The van der Waals surface area contributed by atoms with Crippen LogP contribution in [0.3, 0.4) is 0 Å². The molecule has 0 saturated carbocycles. The van der Waals surface area contributed by atoms with Crippen molar-refractivity contribution < 1.29 is 15.0 Å². The van der Waals surface area contributed by atoms with E-state index in [1.807, 2.05) is 0 Å². The number of aliphatic hydroxyl groups is 1. The quantitative estimate of drug-likeness (QED) is 0.716. The van der Waals surface area contributed by atoms with Crippen molar-refractivity contribution in [2.24, 2.45) is 5.92 Å². The summed E-state index contributed by atoms with van der Waals surface area (Å²) in [5.74, 6) is -0.344. The number of nitrogens with zero attached hydrogens (tertiary/aromatic N) is 1. The van der Waals surface area contributed by atoms with Crippen LogP contribution in [0.15, 0.2) is 0 Å². The maximum atomic E-state index is 10.4. The van der Waals surface area contributed by atoms with Crippen LogP contribution < -0.4 is 0 Å². The summed E-state index contributed by atoms with van der Waals surface area (Å²) in [6.07, 6.45) is 3.15. The summed E-state index contributed by atoms with van der Waals surface area (Å²) in [5, 5.41) is 17.7. The second-order valence-electron chi connectivity index (χ2n) is 4.47. The van der Waals surface area contributed by atoms with Crippen LogP contribution in [0.4, 0.5) is 0 Å². The predicted octanol–water partition coefficient (Wildman–Crippen LogP) is 0.944. The summed E-state index contributed by atoms with van der Waals surface area (Å²) in [4.78, 5) is 12.7. The van der Waals surface area contributed by atoms with E-state index in [0.717, 1.165) is 25.9 Å². The molecular weight excluding hydrogens is 194 g/mol. The van der Waals surface area contributed by atoms with Crippen LogP contribution in [0, 0.1) is 5.92 Å². The van der Waals surface area contributed by atoms with Gasteiger partial charge in [0, 0.05) is 25.6 Å². The Morgan fingerprint density at radius 3 is 2.93 bits per heavy atom. The van der Waals surface area contributed by atoms with Gasteiger partial charge >= 0.3 is 5.97 Å². The van der Waals surface area contributed by atoms with Gasteiger partial charge in [-0.05, 0) is 38.6 Å². The van der Waals surface area contributed by atoms with Gasteiger partial charge in [0.2, 0.25) is 0 Å². The Labute approximate surface area is 90.9 Å². The topological polar surface area (TPSA) is 60.8 Å². The molecule has 2 atom stereocenters. The normalized spacial score (nSPS) is 25.1. The van der Waals surface area contributed by atoms with Gasteiger partial charge in [-0.1, -0.05) is 0 Å². The summed E-state index contributed by atoms with van der Waals surface area (Å²) in [5.41, 5.74) is 0. The molecule has 2 unspecified atom stereocenters. The molecule has 0 bridgehead atoms. The molecule has 0 aromatic rings. The molecule has 0 spiro atoms. The summed E-state index contributed by atoms with van der Waals surface area (Å²) >= 11 is 0. The fraction of sp³-hybridized carbons (Fsp3) is 0.909. The number of carboxylic acids is 1. The molecule has 0 aliphatic carbocycles. The highest BCUT2D eigenvalue weighted by atomic mass is 16.4. The number of carbonyl (C=O) groups is 1. The van der Waals surface area contributed by atoms with E-state index in [1.54, 1.807) is 0 Å².